The first kappa shape index (κ1) is 7.53. The third kappa shape index (κ3) is 0.991. The van der Waals surface area contributed by atoms with Crippen molar-refractivity contribution in [3.8, 4) is 0 Å². The van der Waals surface area contributed by atoms with Gasteiger partial charge in [0.1, 0.15) is 6.10 Å². The lowest BCUT2D eigenvalue weighted by Crippen LogP contribution is -2.40. The Morgan fingerprint density at radius 2 is 2.45 bits per heavy atom. The summed E-state index contributed by atoms with van der Waals surface area (Å²) >= 11 is 0. The van der Waals surface area contributed by atoms with Gasteiger partial charge in [-0.25, -0.2) is 0 Å². The Morgan fingerprint density at radius 3 is 3.09 bits per heavy atom. The lowest BCUT2D eigenvalue weighted by molar-refractivity contribution is -0.0178. The second-order valence-electron chi connectivity index (χ2n) is 3.30. The Morgan fingerprint density at radius 1 is 1.64 bits per heavy atom. The van der Waals surface area contributed by atoms with Crippen LogP contribution in [0.1, 0.15) is 26.7 Å². The molecular formula is C8H15NO2. The first-order valence-corrected chi connectivity index (χ1v) is 4.38. The Balaban J connectivity index is 2.02. The van der Waals surface area contributed by atoms with Gasteiger partial charge in [-0.1, -0.05) is 13.3 Å². The minimum absolute atomic E-state index is 0.0347. The molecule has 3 atom stereocenters. The topological polar surface area (TPSA) is 24.8 Å². The molecule has 2 fully saturated rings. The zero-order valence-electron chi connectivity index (χ0n) is 7.17. The summed E-state index contributed by atoms with van der Waals surface area (Å²) in [6, 6.07) is 0. The van der Waals surface area contributed by atoms with Crippen molar-refractivity contribution in [3.05, 3.63) is 0 Å². The lowest BCUT2D eigenvalue weighted by Gasteiger charge is -2.24. The highest BCUT2D eigenvalue weighted by molar-refractivity contribution is 4.95. The number of morpholine rings is 1. The Labute approximate surface area is 67.2 Å². The van der Waals surface area contributed by atoms with Crippen LogP contribution in [-0.2, 0) is 9.57 Å². The molecule has 0 radical (unpaired) electrons. The third-order valence-electron chi connectivity index (χ3n) is 2.56. The van der Waals surface area contributed by atoms with Gasteiger partial charge < -0.3 is 4.74 Å². The summed E-state index contributed by atoms with van der Waals surface area (Å²) < 4.78 is 5.52. The predicted octanol–water partition coefficient (Wildman–Crippen LogP) is 1.15. The van der Waals surface area contributed by atoms with Crippen LogP contribution in [0.15, 0.2) is 0 Å². The van der Waals surface area contributed by atoms with E-state index in [1.807, 2.05) is 0 Å². The van der Waals surface area contributed by atoms with E-state index in [1.54, 1.807) is 0 Å². The van der Waals surface area contributed by atoms with Gasteiger partial charge in [-0.05, 0) is 13.3 Å². The van der Waals surface area contributed by atoms with Gasteiger partial charge in [0.25, 0.3) is 0 Å². The van der Waals surface area contributed by atoms with Crippen molar-refractivity contribution in [1.29, 1.82) is 0 Å². The summed E-state index contributed by atoms with van der Waals surface area (Å²) in [6.45, 7) is 6.02. The smallest absolute Gasteiger partial charge is 0.190 e. The first-order chi connectivity index (χ1) is 5.29. The fraction of sp³-hybridized carbons (Fsp3) is 1.00. The number of fused-ring (bicyclic) bond motifs is 1. The first-order valence-electron chi connectivity index (χ1n) is 4.38. The number of hydroxylamine groups is 2. The van der Waals surface area contributed by atoms with Crippen molar-refractivity contribution in [2.75, 3.05) is 13.2 Å². The normalized spacial score (nSPS) is 48.5. The van der Waals surface area contributed by atoms with Crippen LogP contribution in [0.4, 0.5) is 0 Å². The van der Waals surface area contributed by atoms with Gasteiger partial charge in [0.2, 0.25) is 0 Å². The van der Waals surface area contributed by atoms with E-state index < -0.39 is 0 Å². The largest absolute Gasteiger partial charge is 0.372 e. The fourth-order valence-electron chi connectivity index (χ4n) is 1.86. The van der Waals surface area contributed by atoms with Gasteiger partial charge in [-0.15, -0.1) is 5.06 Å². The van der Waals surface area contributed by atoms with Crippen molar-refractivity contribution in [2.45, 2.75) is 38.5 Å². The van der Waals surface area contributed by atoms with Crippen molar-refractivity contribution < 1.29 is 9.57 Å². The van der Waals surface area contributed by atoms with Crippen molar-refractivity contribution >= 4 is 0 Å². The van der Waals surface area contributed by atoms with E-state index in [9.17, 15) is 0 Å². The van der Waals surface area contributed by atoms with Crippen LogP contribution < -0.4 is 0 Å². The standard InChI is InChI=1S/C8H15NO2/c1-3-4-8-7(2)10-6-5-9(8)11-8/h7H,3-6H2,1-2H3. The summed E-state index contributed by atoms with van der Waals surface area (Å²) in [5, 5.41) is 2.06. The van der Waals surface area contributed by atoms with Crippen LogP contribution >= 0.6 is 0 Å². The molecule has 0 N–H and O–H groups in total. The van der Waals surface area contributed by atoms with E-state index in [1.165, 1.54) is 0 Å². The van der Waals surface area contributed by atoms with Crippen molar-refractivity contribution in [2.24, 2.45) is 0 Å². The van der Waals surface area contributed by atoms with Crippen LogP contribution in [0.5, 0.6) is 0 Å². The van der Waals surface area contributed by atoms with E-state index >= 15 is 0 Å². The molecule has 0 aliphatic carbocycles. The van der Waals surface area contributed by atoms with E-state index in [2.05, 4.69) is 18.9 Å². The zero-order chi connectivity index (χ0) is 7.90. The molecule has 11 heavy (non-hydrogen) atoms. The average molecular weight is 157 g/mol. The zero-order valence-corrected chi connectivity index (χ0v) is 7.17. The maximum absolute atomic E-state index is 5.53. The molecule has 2 heterocycles. The Bertz CT molecular complexity index is 162. The second-order valence-corrected chi connectivity index (χ2v) is 3.30. The molecule has 0 saturated carbocycles. The Kier molecular flexibility index (Phi) is 1.67. The second kappa shape index (κ2) is 2.44. The van der Waals surface area contributed by atoms with Gasteiger partial charge in [0.05, 0.1) is 13.2 Å². The molecule has 3 nitrogen and oxygen atoms in total. The van der Waals surface area contributed by atoms with Gasteiger partial charge in [0.15, 0.2) is 5.72 Å². The number of rotatable bonds is 2. The number of hydrogen-bond donors (Lipinski definition) is 0. The summed E-state index contributed by atoms with van der Waals surface area (Å²) in [6.07, 6.45) is 2.49. The van der Waals surface area contributed by atoms with Crippen LogP contribution in [0.25, 0.3) is 0 Å². The number of hydrogen-bond acceptors (Lipinski definition) is 3. The maximum Gasteiger partial charge on any atom is 0.190 e. The molecule has 2 aliphatic rings. The highest BCUT2D eigenvalue weighted by Crippen LogP contribution is 2.45. The highest BCUT2D eigenvalue weighted by Gasteiger charge is 2.60. The van der Waals surface area contributed by atoms with Gasteiger partial charge in [-0.3, -0.25) is 4.84 Å². The molecule has 0 aromatic rings. The van der Waals surface area contributed by atoms with Gasteiger partial charge in [0, 0.05) is 0 Å². The van der Waals surface area contributed by atoms with E-state index in [-0.39, 0.29) is 11.8 Å². The van der Waals surface area contributed by atoms with E-state index in [0.29, 0.717) is 0 Å². The van der Waals surface area contributed by atoms with Crippen molar-refractivity contribution in [3.63, 3.8) is 0 Å². The number of ether oxygens (including phenoxy) is 1. The molecule has 0 amide bonds. The van der Waals surface area contributed by atoms with Crippen LogP contribution in [0.2, 0.25) is 0 Å². The van der Waals surface area contributed by atoms with Gasteiger partial charge >= 0.3 is 0 Å². The highest BCUT2D eigenvalue weighted by atomic mass is 16.9. The summed E-state index contributed by atoms with van der Waals surface area (Å²) in [5.74, 6) is 0. The quantitative estimate of drug-likeness (QED) is 0.562. The molecule has 2 aliphatic heterocycles. The van der Waals surface area contributed by atoms with Crippen LogP contribution in [0.3, 0.4) is 0 Å². The summed E-state index contributed by atoms with van der Waals surface area (Å²) in [5.41, 5.74) is -0.0347. The molecular weight excluding hydrogens is 142 g/mol. The summed E-state index contributed by atoms with van der Waals surface area (Å²) in [4.78, 5) is 5.53. The molecule has 2 saturated heterocycles. The Hall–Kier alpha value is -0.120. The molecule has 0 bridgehead atoms. The fourth-order valence-corrected chi connectivity index (χ4v) is 1.86. The monoisotopic (exact) mass is 157 g/mol. The van der Waals surface area contributed by atoms with Gasteiger partial charge in [-0.2, -0.15) is 0 Å². The minimum atomic E-state index is -0.0347. The molecule has 3 unspecified atom stereocenters. The predicted molar refractivity (Wildman–Crippen MR) is 40.8 cm³/mol. The number of nitrogens with zero attached hydrogens (tertiary/aromatic N) is 1. The third-order valence-corrected chi connectivity index (χ3v) is 2.56. The SMILES string of the molecule is CCCC12ON1CCOC2C. The molecule has 0 spiro atoms. The lowest BCUT2D eigenvalue weighted by atomic mass is 10.0. The molecule has 64 valence electrons. The summed E-state index contributed by atoms with van der Waals surface area (Å²) in [7, 11) is 0. The average Bonchev–Trinajstić information content (AvgIpc) is 2.66. The molecule has 2 rings (SSSR count). The van der Waals surface area contributed by atoms with Crippen LogP contribution in [-0.4, -0.2) is 30.0 Å². The molecule has 0 aromatic heterocycles. The van der Waals surface area contributed by atoms with Crippen molar-refractivity contribution in [1.82, 2.24) is 5.06 Å². The van der Waals surface area contributed by atoms with E-state index in [4.69, 9.17) is 9.57 Å². The van der Waals surface area contributed by atoms with E-state index in [0.717, 1.165) is 26.0 Å². The minimum Gasteiger partial charge on any atom is -0.372 e. The maximum atomic E-state index is 5.53. The van der Waals surface area contributed by atoms with Crippen LogP contribution in [0, 0.1) is 0 Å². The molecule has 3 heteroatoms. The molecule has 0 aromatic carbocycles.